The molecule has 1 heterocycles. The molecule has 2 aliphatic rings. The first-order valence-electron chi connectivity index (χ1n) is 6.87. The second-order valence-electron chi connectivity index (χ2n) is 5.75. The van der Waals surface area contributed by atoms with E-state index in [9.17, 15) is 9.50 Å². The van der Waals surface area contributed by atoms with Crippen molar-refractivity contribution in [3.05, 3.63) is 34.6 Å². The minimum atomic E-state index is -0.630. The zero-order valence-electron chi connectivity index (χ0n) is 10.7. The Bertz CT molecular complexity index is 473. The average Bonchev–Trinajstić information content (AvgIpc) is 2.36. The molecule has 1 aliphatic carbocycles. The molecule has 2 nitrogen and oxygen atoms in total. The Balaban J connectivity index is 1.77. The van der Waals surface area contributed by atoms with Gasteiger partial charge in [-0.3, -0.25) is 0 Å². The Labute approximate surface area is 117 Å². The predicted octanol–water partition coefficient (Wildman–Crippen LogP) is 3.86. The van der Waals surface area contributed by atoms with Gasteiger partial charge in [-0.25, -0.2) is 4.39 Å². The van der Waals surface area contributed by atoms with Crippen LogP contribution in [0.15, 0.2) is 18.2 Å². The fourth-order valence-corrected chi connectivity index (χ4v) is 3.53. The van der Waals surface area contributed by atoms with Gasteiger partial charge >= 0.3 is 0 Å². The third-order valence-corrected chi connectivity index (χ3v) is 4.85. The van der Waals surface area contributed by atoms with Gasteiger partial charge in [0.1, 0.15) is 5.82 Å². The average molecular weight is 285 g/mol. The lowest BCUT2D eigenvalue weighted by molar-refractivity contribution is -0.157. The minimum Gasteiger partial charge on any atom is -0.388 e. The first-order valence-corrected chi connectivity index (χ1v) is 7.24. The molecule has 1 saturated carbocycles. The maximum absolute atomic E-state index is 13.1. The van der Waals surface area contributed by atoms with E-state index in [4.69, 9.17) is 16.3 Å². The summed E-state index contributed by atoms with van der Waals surface area (Å²) in [6, 6.07) is 4.20. The Morgan fingerprint density at radius 1 is 1.42 bits per heavy atom. The van der Waals surface area contributed by atoms with Crippen LogP contribution >= 0.6 is 11.6 Å². The van der Waals surface area contributed by atoms with E-state index in [2.05, 4.69) is 0 Å². The lowest BCUT2D eigenvalue weighted by atomic mass is 9.70. The lowest BCUT2D eigenvalue weighted by Gasteiger charge is -2.48. The highest BCUT2D eigenvalue weighted by Crippen LogP contribution is 2.47. The van der Waals surface area contributed by atoms with Crippen molar-refractivity contribution in [3.8, 4) is 0 Å². The summed E-state index contributed by atoms with van der Waals surface area (Å²) < 4.78 is 18.9. The molecule has 1 aromatic rings. The van der Waals surface area contributed by atoms with Crippen LogP contribution in [0.1, 0.15) is 43.8 Å². The first-order chi connectivity index (χ1) is 9.10. The van der Waals surface area contributed by atoms with Gasteiger partial charge in [-0.15, -0.1) is 0 Å². The fourth-order valence-electron chi connectivity index (χ4n) is 3.25. The Morgan fingerprint density at radius 3 is 2.84 bits per heavy atom. The topological polar surface area (TPSA) is 29.5 Å². The van der Waals surface area contributed by atoms with Crippen molar-refractivity contribution in [3.63, 3.8) is 0 Å². The quantitative estimate of drug-likeness (QED) is 0.893. The summed E-state index contributed by atoms with van der Waals surface area (Å²) in [7, 11) is 0. The molecule has 1 aromatic carbocycles. The molecular weight excluding hydrogens is 267 g/mol. The summed E-state index contributed by atoms with van der Waals surface area (Å²) >= 11 is 6.03. The van der Waals surface area contributed by atoms with E-state index in [0.29, 0.717) is 17.2 Å². The Hall–Kier alpha value is -0.640. The second-order valence-corrected chi connectivity index (χ2v) is 6.16. The number of aliphatic hydroxyl groups is 1. The molecule has 3 rings (SSSR count). The number of benzene rings is 1. The number of halogens is 2. The van der Waals surface area contributed by atoms with Crippen LogP contribution in [0, 0.1) is 11.7 Å². The first kappa shape index (κ1) is 13.3. The molecule has 1 saturated heterocycles. The van der Waals surface area contributed by atoms with Crippen molar-refractivity contribution in [2.45, 2.75) is 43.8 Å². The van der Waals surface area contributed by atoms with Crippen LogP contribution in [0.4, 0.5) is 4.39 Å². The molecule has 104 valence electrons. The van der Waals surface area contributed by atoms with Crippen LogP contribution in [-0.2, 0) is 4.74 Å². The lowest BCUT2D eigenvalue weighted by Crippen LogP contribution is -2.46. The SMILES string of the molecule is OC(c1ccc(F)cc1Cl)C1CCOC2(CCC2)C1. The van der Waals surface area contributed by atoms with Crippen molar-refractivity contribution in [2.24, 2.45) is 5.92 Å². The van der Waals surface area contributed by atoms with E-state index in [1.807, 2.05) is 0 Å². The molecule has 0 bridgehead atoms. The van der Waals surface area contributed by atoms with Crippen molar-refractivity contribution in [2.75, 3.05) is 6.61 Å². The highest BCUT2D eigenvalue weighted by molar-refractivity contribution is 6.31. The van der Waals surface area contributed by atoms with E-state index >= 15 is 0 Å². The van der Waals surface area contributed by atoms with E-state index < -0.39 is 6.10 Å². The normalized spacial score (nSPS) is 27.0. The van der Waals surface area contributed by atoms with E-state index in [-0.39, 0.29) is 17.3 Å². The Kier molecular flexibility index (Phi) is 3.54. The van der Waals surface area contributed by atoms with Gasteiger partial charge in [0.15, 0.2) is 0 Å². The Morgan fingerprint density at radius 2 is 2.21 bits per heavy atom. The molecule has 2 unspecified atom stereocenters. The monoisotopic (exact) mass is 284 g/mol. The highest BCUT2D eigenvalue weighted by atomic mass is 35.5. The van der Waals surface area contributed by atoms with Crippen molar-refractivity contribution < 1.29 is 14.2 Å². The van der Waals surface area contributed by atoms with Gasteiger partial charge in [0.2, 0.25) is 0 Å². The molecule has 0 radical (unpaired) electrons. The van der Waals surface area contributed by atoms with Crippen molar-refractivity contribution in [1.82, 2.24) is 0 Å². The van der Waals surface area contributed by atoms with Gasteiger partial charge in [0, 0.05) is 11.6 Å². The predicted molar refractivity (Wildman–Crippen MR) is 71.6 cm³/mol. The highest BCUT2D eigenvalue weighted by Gasteiger charge is 2.44. The largest absolute Gasteiger partial charge is 0.388 e. The smallest absolute Gasteiger partial charge is 0.124 e. The van der Waals surface area contributed by atoms with Crippen LogP contribution in [0.25, 0.3) is 0 Å². The maximum Gasteiger partial charge on any atom is 0.124 e. The third kappa shape index (κ3) is 2.51. The summed E-state index contributed by atoms with van der Waals surface area (Å²) in [5.41, 5.74) is 0.626. The van der Waals surface area contributed by atoms with Gasteiger partial charge in [-0.2, -0.15) is 0 Å². The summed E-state index contributed by atoms with van der Waals surface area (Å²) in [5.74, 6) is -0.222. The van der Waals surface area contributed by atoms with Crippen LogP contribution in [0.3, 0.4) is 0 Å². The van der Waals surface area contributed by atoms with Gasteiger partial charge < -0.3 is 9.84 Å². The molecule has 1 spiro atoms. The fraction of sp³-hybridized carbons (Fsp3) is 0.600. The van der Waals surface area contributed by atoms with E-state index in [1.54, 1.807) is 6.07 Å². The summed E-state index contributed by atoms with van der Waals surface area (Å²) in [5, 5.41) is 10.8. The van der Waals surface area contributed by atoms with Gasteiger partial charge in [0.05, 0.1) is 11.7 Å². The van der Waals surface area contributed by atoms with Crippen LogP contribution in [0.2, 0.25) is 5.02 Å². The standard InChI is InChI=1S/C15H18ClFO2/c16-13-8-11(17)2-3-12(13)14(18)10-4-7-19-15(9-10)5-1-6-15/h2-3,8,10,14,18H,1,4-7,9H2. The number of aliphatic hydroxyl groups excluding tert-OH is 1. The molecule has 1 N–H and O–H groups in total. The maximum atomic E-state index is 13.1. The van der Waals surface area contributed by atoms with Crippen LogP contribution < -0.4 is 0 Å². The van der Waals surface area contributed by atoms with Crippen molar-refractivity contribution >= 4 is 11.6 Å². The number of rotatable bonds is 2. The molecule has 19 heavy (non-hydrogen) atoms. The van der Waals surface area contributed by atoms with Gasteiger partial charge in [0.25, 0.3) is 0 Å². The van der Waals surface area contributed by atoms with Crippen LogP contribution in [-0.4, -0.2) is 17.3 Å². The van der Waals surface area contributed by atoms with Crippen molar-refractivity contribution in [1.29, 1.82) is 0 Å². The van der Waals surface area contributed by atoms with Gasteiger partial charge in [-0.1, -0.05) is 17.7 Å². The molecular formula is C15H18ClFO2. The number of hydrogen-bond donors (Lipinski definition) is 1. The molecule has 0 amide bonds. The van der Waals surface area contributed by atoms with Crippen LogP contribution in [0.5, 0.6) is 0 Å². The van der Waals surface area contributed by atoms with Gasteiger partial charge in [-0.05, 0) is 55.7 Å². The number of hydrogen-bond acceptors (Lipinski definition) is 2. The zero-order valence-corrected chi connectivity index (χ0v) is 11.5. The van der Waals surface area contributed by atoms with E-state index in [0.717, 1.165) is 25.7 Å². The molecule has 0 aromatic heterocycles. The summed E-state index contributed by atoms with van der Waals surface area (Å²) in [4.78, 5) is 0. The minimum absolute atomic E-state index is 0.00357. The molecule has 1 aliphatic heterocycles. The third-order valence-electron chi connectivity index (χ3n) is 4.52. The molecule has 2 atom stereocenters. The molecule has 4 heteroatoms. The summed E-state index contributed by atoms with van der Waals surface area (Å²) in [6.07, 6.45) is 4.47. The zero-order chi connectivity index (χ0) is 13.5. The second kappa shape index (κ2) is 5.04. The number of ether oxygens (including phenoxy) is 1. The molecule has 2 fully saturated rings. The summed E-state index contributed by atoms with van der Waals surface area (Å²) in [6.45, 7) is 0.695. The van der Waals surface area contributed by atoms with E-state index in [1.165, 1.54) is 18.6 Å².